The Labute approximate surface area is 101 Å². The summed E-state index contributed by atoms with van der Waals surface area (Å²) in [6.07, 6.45) is 1.83. The average molecular weight is 230 g/mol. The first-order chi connectivity index (χ1) is 8.31. The number of ether oxygens (including phenoxy) is 1. The number of hydrogen-bond acceptors (Lipinski definition) is 2. The second-order valence-electron chi connectivity index (χ2n) is 3.65. The first kappa shape index (κ1) is 11.5. The summed E-state index contributed by atoms with van der Waals surface area (Å²) >= 11 is 0. The quantitative estimate of drug-likeness (QED) is 0.753. The molecule has 3 nitrogen and oxygen atoms in total. The van der Waals surface area contributed by atoms with Gasteiger partial charge >= 0.3 is 5.88 Å². The van der Waals surface area contributed by atoms with Crippen molar-refractivity contribution in [2.75, 3.05) is 6.61 Å². The van der Waals surface area contributed by atoms with Crippen LogP contribution in [0.15, 0.2) is 48.7 Å². The molecule has 1 aromatic carbocycles. The van der Waals surface area contributed by atoms with E-state index in [-0.39, 0.29) is 0 Å². The molecular weight excluding hydrogens is 214 g/mol. The van der Waals surface area contributed by atoms with E-state index in [1.54, 1.807) is 4.73 Å². The van der Waals surface area contributed by atoms with E-state index in [9.17, 15) is 0 Å². The lowest BCUT2D eigenvalue weighted by molar-refractivity contribution is -0.892. The molecule has 1 aromatic heterocycles. The third-order valence-corrected chi connectivity index (χ3v) is 2.36. The number of hydrogen-bond donors (Lipinski definition) is 0. The van der Waals surface area contributed by atoms with Crippen LogP contribution in [0.25, 0.3) is 0 Å². The van der Waals surface area contributed by atoms with Gasteiger partial charge in [-0.1, -0.05) is 18.2 Å². The van der Waals surface area contributed by atoms with E-state index < -0.39 is 0 Å². The largest absolute Gasteiger partial charge is 0.422 e. The SMILES string of the molecule is CCO[n+]1ccccc1Oc1ccccc1C. The Morgan fingerprint density at radius 3 is 2.59 bits per heavy atom. The van der Waals surface area contributed by atoms with Crippen LogP contribution >= 0.6 is 0 Å². The number of pyridine rings is 1. The van der Waals surface area contributed by atoms with E-state index in [1.165, 1.54) is 0 Å². The molecule has 0 atom stereocenters. The maximum Gasteiger partial charge on any atom is 0.422 e. The van der Waals surface area contributed by atoms with Gasteiger partial charge in [0.05, 0.1) is 6.07 Å². The van der Waals surface area contributed by atoms with Gasteiger partial charge in [0.15, 0.2) is 6.61 Å². The Bertz CT molecular complexity index is 497. The van der Waals surface area contributed by atoms with Crippen LogP contribution in [0.5, 0.6) is 11.6 Å². The lowest BCUT2D eigenvalue weighted by Crippen LogP contribution is -2.43. The molecule has 0 spiro atoms. The zero-order valence-electron chi connectivity index (χ0n) is 10.1. The maximum absolute atomic E-state index is 5.83. The predicted octanol–water partition coefficient (Wildman–Crippen LogP) is 2.52. The van der Waals surface area contributed by atoms with Crippen LogP contribution in [0, 0.1) is 6.92 Å². The minimum atomic E-state index is 0.596. The van der Waals surface area contributed by atoms with Crippen LogP contribution in [0.2, 0.25) is 0 Å². The molecule has 2 aromatic rings. The zero-order valence-corrected chi connectivity index (χ0v) is 10.1. The first-order valence-electron chi connectivity index (χ1n) is 5.68. The monoisotopic (exact) mass is 230 g/mol. The number of aryl methyl sites for hydroxylation is 1. The molecule has 88 valence electrons. The van der Waals surface area contributed by atoms with Crippen LogP contribution in [-0.2, 0) is 0 Å². The molecule has 17 heavy (non-hydrogen) atoms. The van der Waals surface area contributed by atoms with Gasteiger partial charge in [0, 0.05) is 10.8 Å². The molecule has 2 rings (SSSR count). The molecule has 1 heterocycles. The highest BCUT2D eigenvalue weighted by Crippen LogP contribution is 2.21. The summed E-state index contributed by atoms with van der Waals surface area (Å²) < 4.78 is 7.46. The minimum Gasteiger partial charge on any atom is -0.402 e. The maximum atomic E-state index is 5.83. The fraction of sp³-hybridized carbons (Fsp3) is 0.214. The predicted molar refractivity (Wildman–Crippen MR) is 65.0 cm³/mol. The summed E-state index contributed by atoms with van der Waals surface area (Å²) in [7, 11) is 0. The van der Waals surface area contributed by atoms with Crippen LogP contribution in [-0.4, -0.2) is 6.61 Å². The summed E-state index contributed by atoms with van der Waals surface area (Å²) in [5.74, 6) is 1.51. The Balaban J connectivity index is 2.27. The summed E-state index contributed by atoms with van der Waals surface area (Å²) in [6.45, 7) is 4.56. The Morgan fingerprint density at radius 1 is 1.06 bits per heavy atom. The molecule has 0 aliphatic heterocycles. The highest BCUT2D eigenvalue weighted by Gasteiger charge is 2.14. The van der Waals surface area contributed by atoms with Crippen molar-refractivity contribution >= 4 is 0 Å². The van der Waals surface area contributed by atoms with E-state index in [0.717, 1.165) is 11.3 Å². The van der Waals surface area contributed by atoms with Gasteiger partial charge in [0.25, 0.3) is 0 Å². The van der Waals surface area contributed by atoms with Gasteiger partial charge in [-0.2, -0.15) is 0 Å². The van der Waals surface area contributed by atoms with Gasteiger partial charge in [-0.25, -0.2) is 0 Å². The lowest BCUT2D eigenvalue weighted by atomic mass is 10.2. The molecule has 0 saturated heterocycles. The standard InChI is InChI=1S/C14H16NO2/c1-3-16-15-11-7-6-10-14(15)17-13-9-5-4-8-12(13)2/h4-11H,3H2,1-2H3/q+1. The number of rotatable bonds is 4. The van der Waals surface area contributed by atoms with Crippen molar-refractivity contribution in [1.82, 2.24) is 0 Å². The third-order valence-electron chi connectivity index (χ3n) is 2.36. The average Bonchev–Trinajstić information content (AvgIpc) is 2.35. The first-order valence-corrected chi connectivity index (χ1v) is 5.68. The minimum absolute atomic E-state index is 0.596. The zero-order chi connectivity index (χ0) is 12.1. The van der Waals surface area contributed by atoms with Gasteiger partial charge in [0.2, 0.25) is 6.20 Å². The molecule has 0 unspecified atom stereocenters. The Kier molecular flexibility index (Phi) is 3.60. The van der Waals surface area contributed by atoms with Gasteiger partial charge in [-0.05, 0) is 31.5 Å². The molecule has 3 heteroatoms. The summed E-state index contributed by atoms with van der Waals surface area (Å²) in [6, 6.07) is 13.6. The Morgan fingerprint density at radius 2 is 1.82 bits per heavy atom. The molecule has 0 aliphatic carbocycles. The molecule has 0 amide bonds. The summed E-state index contributed by atoms with van der Waals surface area (Å²) in [5.41, 5.74) is 1.10. The third kappa shape index (κ3) is 2.75. The highest BCUT2D eigenvalue weighted by atomic mass is 16.7. The van der Waals surface area contributed by atoms with Crippen LogP contribution in [0.3, 0.4) is 0 Å². The molecule has 0 saturated carbocycles. The Hall–Kier alpha value is -2.03. The van der Waals surface area contributed by atoms with Crippen molar-refractivity contribution in [2.45, 2.75) is 13.8 Å². The van der Waals surface area contributed by atoms with E-state index in [0.29, 0.717) is 12.5 Å². The molecule has 0 radical (unpaired) electrons. The van der Waals surface area contributed by atoms with E-state index in [4.69, 9.17) is 9.57 Å². The van der Waals surface area contributed by atoms with Gasteiger partial charge in [0.1, 0.15) is 5.75 Å². The van der Waals surface area contributed by atoms with E-state index in [2.05, 4.69) is 0 Å². The fourth-order valence-electron chi connectivity index (χ4n) is 1.52. The number of aromatic nitrogens is 1. The normalized spacial score (nSPS) is 10.0. The fourth-order valence-corrected chi connectivity index (χ4v) is 1.52. The van der Waals surface area contributed by atoms with Crippen LogP contribution in [0.4, 0.5) is 0 Å². The topological polar surface area (TPSA) is 22.3 Å². The molecule has 0 bridgehead atoms. The smallest absolute Gasteiger partial charge is 0.402 e. The second kappa shape index (κ2) is 5.34. The van der Waals surface area contributed by atoms with E-state index >= 15 is 0 Å². The van der Waals surface area contributed by atoms with Gasteiger partial charge < -0.3 is 4.74 Å². The van der Waals surface area contributed by atoms with Crippen molar-refractivity contribution in [3.05, 3.63) is 54.2 Å². The van der Waals surface area contributed by atoms with Crippen molar-refractivity contribution in [3.63, 3.8) is 0 Å². The highest BCUT2D eigenvalue weighted by molar-refractivity contribution is 5.33. The molecule has 0 fully saturated rings. The molecule has 0 N–H and O–H groups in total. The second-order valence-corrected chi connectivity index (χ2v) is 3.65. The van der Waals surface area contributed by atoms with Crippen molar-refractivity contribution in [3.8, 4) is 11.6 Å². The number of benzene rings is 1. The van der Waals surface area contributed by atoms with Gasteiger partial charge in [-0.3, -0.25) is 4.84 Å². The number of para-hydroxylation sites is 1. The van der Waals surface area contributed by atoms with E-state index in [1.807, 2.05) is 62.5 Å². The van der Waals surface area contributed by atoms with Crippen molar-refractivity contribution < 1.29 is 14.3 Å². The summed E-state index contributed by atoms with van der Waals surface area (Å²) in [5, 5.41) is 0. The van der Waals surface area contributed by atoms with Gasteiger partial charge in [-0.15, -0.1) is 0 Å². The number of nitrogens with zero attached hydrogens (tertiary/aromatic N) is 1. The van der Waals surface area contributed by atoms with Crippen molar-refractivity contribution in [1.29, 1.82) is 0 Å². The lowest BCUT2D eigenvalue weighted by Gasteiger charge is -2.05. The summed E-state index contributed by atoms with van der Waals surface area (Å²) in [4.78, 5) is 5.44. The van der Waals surface area contributed by atoms with Crippen LogP contribution < -0.4 is 14.3 Å². The molecule has 0 aliphatic rings. The molecular formula is C14H16NO2+. The van der Waals surface area contributed by atoms with Crippen molar-refractivity contribution in [2.24, 2.45) is 0 Å². The van der Waals surface area contributed by atoms with Crippen LogP contribution in [0.1, 0.15) is 12.5 Å².